The molecule has 0 fully saturated rings. The second-order valence-corrected chi connectivity index (χ2v) is 13.9. The number of rotatable bonds is 4. The Labute approximate surface area is 316 Å². The van der Waals surface area contributed by atoms with E-state index in [-0.39, 0.29) is 0 Å². The van der Waals surface area contributed by atoms with Crippen LogP contribution in [-0.4, -0.2) is 13.7 Å². The number of benzene rings is 8. The van der Waals surface area contributed by atoms with Gasteiger partial charge in [0.15, 0.2) is 11.4 Å². The summed E-state index contributed by atoms with van der Waals surface area (Å²) in [6.07, 6.45) is 0. The van der Waals surface area contributed by atoms with Crippen molar-refractivity contribution in [1.29, 1.82) is 0 Å². The Bertz CT molecular complexity index is 3420. The van der Waals surface area contributed by atoms with Gasteiger partial charge in [-0.3, -0.25) is 0 Å². The topological polar surface area (TPSA) is 23.5 Å². The summed E-state index contributed by atoms with van der Waals surface area (Å²) in [5, 5.41) is 6.80. The maximum absolute atomic E-state index is 8.10. The van der Waals surface area contributed by atoms with Gasteiger partial charge in [-0.15, -0.1) is 0 Å². The highest BCUT2D eigenvalue weighted by Gasteiger charge is 2.20. The lowest BCUT2D eigenvalue weighted by atomic mass is 10.0. The predicted octanol–water partition coefficient (Wildman–Crippen LogP) is 13.7. The summed E-state index contributed by atoms with van der Waals surface area (Å²) in [7, 11) is 0. The average molecular weight is 700 g/mol. The van der Waals surface area contributed by atoms with E-state index in [1.165, 1.54) is 32.6 Å². The molecular formula is C50H29N5. The lowest BCUT2D eigenvalue weighted by Gasteiger charge is -2.14. The average Bonchev–Trinajstić information content (AvgIpc) is 3.89. The van der Waals surface area contributed by atoms with Gasteiger partial charge in [-0.05, 0) is 89.3 Å². The minimum atomic E-state index is 0.554. The van der Waals surface area contributed by atoms with Gasteiger partial charge in [-0.25, -0.2) is 9.69 Å². The maximum Gasteiger partial charge on any atom is 0.197 e. The summed E-state index contributed by atoms with van der Waals surface area (Å²) in [6, 6.07) is 61.4. The van der Waals surface area contributed by atoms with Crippen LogP contribution < -0.4 is 0 Å². The minimum Gasteiger partial charge on any atom is -0.312 e. The third kappa shape index (κ3) is 4.45. The first kappa shape index (κ1) is 30.7. The van der Waals surface area contributed by atoms with Crippen LogP contribution in [0, 0.1) is 13.1 Å². The Kier molecular flexibility index (Phi) is 6.61. The van der Waals surface area contributed by atoms with E-state index < -0.39 is 0 Å². The van der Waals surface area contributed by atoms with E-state index in [4.69, 9.17) is 13.1 Å². The quantitative estimate of drug-likeness (QED) is 0.163. The number of hydrogen-bond acceptors (Lipinski definition) is 0. The van der Waals surface area contributed by atoms with Gasteiger partial charge in [0.25, 0.3) is 0 Å². The molecule has 0 aliphatic carbocycles. The predicted molar refractivity (Wildman–Crippen MR) is 227 cm³/mol. The molecule has 5 nitrogen and oxygen atoms in total. The number of aromatic nitrogens is 3. The summed E-state index contributed by atoms with van der Waals surface area (Å²) in [5.41, 5.74) is 12.7. The van der Waals surface area contributed by atoms with Gasteiger partial charge < -0.3 is 13.7 Å². The van der Waals surface area contributed by atoms with Crippen molar-refractivity contribution in [2.45, 2.75) is 0 Å². The molecule has 0 amide bonds. The van der Waals surface area contributed by atoms with Gasteiger partial charge in [-0.2, -0.15) is 0 Å². The molecule has 0 spiro atoms. The van der Waals surface area contributed by atoms with E-state index in [2.05, 4.69) is 163 Å². The first-order valence-corrected chi connectivity index (χ1v) is 18.3. The molecule has 0 atom stereocenters. The second-order valence-electron chi connectivity index (χ2n) is 13.9. The third-order valence-corrected chi connectivity index (χ3v) is 11.0. The van der Waals surface area contributed by atoms with Crippen molar-refractivity contribution in [1.82, 2.24) is 13.7 Å². The maximum atomic E-state index is 8.10. The van der Waals surface area contributed by atoms with E-state index in [1.54, 1.807) is 0 Å². The summed E-state index contributed by atoms with van der Waals surface area (Å²) in [5.74, 6) is 0. The Hall–Kier alpha value is -7.86. The Morgan fingerprint density at radius 1 is 0.345 bits per heavy atom. The molecule has 254 valence electrons. The molecule has 0 unspecified atom stereocenters. The Morgan fingerprint density at radius 3 is 1.51 bits per heavy atom. The fraction of sp³-hybridized carbons (Fsp3) is 0. The first-order chi connectivity index (χ1) is 27.2. The second kappa shape index (κ2) is 11.8. The molecular weight excluding hydrogens is 671 g/mol. The van der Waals surface area contributed by atoms with Crippen LogP contribution in [0.4, 0.5) is 11.4 Å². The van der Waals surface area contributed by atoms with Crippen LogP contribution in [0.3, 0.4) is 0 Å². The molecule has 11 aromatic rings. The number of para-hydroxylation sites is 4. The summed E-state index contributed by atoms with van der Waals surface area (Å²) < 4.78 is 6.96. The van der Waals surface area contributed by atoms with E-state index in [0.717, 1.165) is 61.0 Å². The number of hydrogen-bond donors (Lipinski definition) is 0. The fourth-order valence-corrected chi connectivity index (χ4v) is 8.80. The summed E-state index contributed by atoms with van der Waals surface area (Å²) in [4.78, 5) is 7.80. The highest BCUT2D eigenvalue weighted by Crippen LogP contribution is 2.42. The van der Waals surface area contributed by atoms with Gasteiger partial charge in [0.2, 0.25) is 0 Å². The number of fused-ring (bicyclic) bond motifs is 9. The van der Waals surface area contributed by atoms with Crippen molar-refractivity contribution in [3.63, 3.8) is 0 Å². The van der Waals surface area contributed by atoms with Crippen LogP contribution in [0.1, 0.15) is 0 Å². The molecule has 0 aliphatic heterocycles. The normalized spacial score (nSPS) is 11.6. The molecule has 3 heterocycles. The van der Waals surface area contributed by atoms with Crippen LogP contribution in [0.15, 0.2) is 176 Å². The zero-order valence-corrected chi connectivity index (χ0v) is 29.5. The smallest absolute Gasteiger partial charge is 0.197 e. The zero-order valence-electron chi connectivity index (χ0n) is 29.5. The monoisotopic (exact) mass is 699 g/mol. The van der Waals surface area contributed by atoms with Crippen LogP contribution in [0.25, 0.3) is 103 Å². The molecule has 0 N–H and O–H groups in total. The minimum absolute atomic E-state index is 0.554. The molecule has 0 saturated carbocycles. The van der Waals surface area contributed by atoms with Gasteiger partial charge in [0.1, 0.15) is 0 Å². The standard InChI is InChI=1S/C50H29N5/c1-51-34-28-33(30-36(31-34)54-44-23-9-5-18-39(44)49-41(52-2)20-12-25-46(49)54)32-14-11-15-35(29-32)53-45-24-10-6-19-40(45)50-47(53)26-13-27-48(50)55-42-21-7-3-16-37(42)38-17-4-8-22-43(38)55/h3-31H. The van der Waals surface area contributed by atoms with E-state index >= 15 is 0 Å². The lowest BCUT2D eigenvalue weighted by molar-refractivity contribution is 1.17. The van der Waals surface area contributed by atoms with E-state index in [9.17, 15) is 0 Å². The molecule has 5 heteroatoms. The van der Waals surface area contributed by atoms with Crippen molar-refractivity contribution in [3.8, 4) is 28.2 Å². The summed E-state index contributed by atoms with van der Waals surface area (Å²) in [6.45, 7) is 16.0. The molecule has 0 saturated heterocycles. The van der Waals surface area contributed by atoms with Crippen LogP contribution >= 0.6 is 0 Å². The lowest BCUT2D eigenvalue weighted by Crippen LogP contribution is -1.97. The SMILES string of the molecule is [C-]#[N+]c1cc(-c2cccc(-n3c4ccccc4c4c(-n5c6ccccc6c6ccccc65)cccc43)c2)cc(-n2c3ccccc3c3c([N+]#[C-])cccc32)c1. The van der Waals surface area contributed by atoms with Crippen LogP contribution in [-0.2, 0) is 0 Å². The molecule has 0 radical (unpaired) electrons. The Morgan fingerprint density at radius 2 is 0.855 bits per heavy atom. The van der Waals surface area contributed by atoms with Gasteiger partial charge in [0.05, 0.1) is 46.4 Å². The van der Waals surface area contributed by atoms with Crippen LogP contribution in [0.2, 0.25) is 0 Å². The largest absolute Gasteiger partial charge is 0.312 e. The summed E-state index contributed by atoms with van der Waals surface area (Å²) >= 11 is 0. The fourth-order valence-electron chi connectivity index (χ4n) is 8.80. The highest BCUT2D eigenvalue weighted by molar-refractivity contribution is 6.17. The first-order valence-electron chi connectivity index (χ1n) is 18.3. The molecule has 3 aromatic heterocycles. The van der Waals surface area contributed by atoms with Gasteiger partial charge in [0, 0.05) is 43.8 Å². The number of nitrogens with zero attached hydrogens (tertiary/aromatic N) is 5. The molecule has 8 aromatic carbocycles. The van der Waals surface area contributed by atoms with Crippen molar-refractivity contribution >= 4 is 76.8 Å². The van der Waals surface area contributed by atoms with Crippen molar-refractivity contribution in [2.75, 3.05) is 0 Å². The van der Waals surface area contributed by atoms with E-state index in [0.29, 0.717) is 11.4 Å². The van der Waals surface area contributed by atoms with Gasteiger partial charge >= 0.3 is 0 Å². The van der Waals surface area contributed by atoms with Crippen molar-refractivity contribution in [3.05, 3.63) is 199 Å². The molecule has 55 heavy (non-hydrogen) atoms. The van der Waals surface area contributed by atoms with E-state index in [1.807, 2.05) is 36.4 Å². The molecule has 0 aliphatic rings. The highest BCUT2D eigenvalue weighted by atomic mass is 15.0. The third-order valence-electron chi connectivity index (χ3n) is 11.0. The van der Waals surface area contributed by atoms with Crippen LogP contribution in [0.5, 0.6) is 0 Å². The Balaban J connectivity index is 1.13. The van der Waals surface area contributed by atoms with Crippen molar-refractivity contribution in [2.24, 2.45) is 0 Å². The molecule has 11 rings (SSSR count). The van der Waals surface area contributed by atoms with Gasteiger partial charge in [-0.1, -0.05) is 103 Å². The molecule has 0 bridgehead atoms. The zero-order chi connectivity index (χ0) is 36.6. The van der Waals surface area contributed by atoms with Crippen molar-refractivity contribution < 1.29 is 0 Å².